The smallest absolute Gasteiger partial charge is 0.340 e. The number of esters is 1. The van der Waals surface area contributed by atoms with Gasteiger partial charge in [-0.05, 0) is 24.3 Å². The van der Waals surface area contributed by atoms with E-state index < -0.39 is 5.97 Å². The first-order chi connectivity index (χ1) is 13.1. The molecule has 3 rings (SSSR count). The van der Waals surface area contributed by atoms with E-state index in [1.165, 1.54) is 23.2 Å². The van der Waals surface area contributed by atoms with E-state index >= 15 is 0 Å². The van der Waals surface area contributed by atoms with Gasteiger partial charge < -0.3 is 10.1 Å². The summed E-state index contributed by atoms with van der Waals surface area (Å²) < 4.78 is 5.38. The van der Waals surface area contributed by atoms with Crippen LogP contribution in [0.25, 0.3) is 0 Å². The molecule has 1 N–H and O–H groups in total. The van der Waals surface area contributed by atoms with Crippen molar-refractivity contribution in [3.63, 3.8) is 0 Å². The molecule has 1 aromatic heterocycles. The van der Waals surface area contributed by atoms with Crippen molar-refractivity contribution >= 4 is 39.7 Å². The fraction of sp³-hybridized carbons (Fsp3) is 0.150. The van der Waals surface area contributed by atoms with Crippen LogP contribution in [0.2, 0.25) is 0 Å². The molecule has 6 nitrogen and oxygen atoms in total. The summed E-state index contributed by atoms with van der Waals surface area (Å²) in [5.74, 6) is -0.567. The van der Waals surface area contributed by atoms with E-state index in [1.807, 2.05) is 42.5 Å². The zero-order chi connectivity index (χ0) is 19.2. The third kappa shape index (κ3) is 4.32. The lowest BCUT2D eigenvalue weighted by Crippen LogP contribution is -2.22. The number of hydrogen-bond donors (Lipinski definition) is 1. The minimum atomic E-state index is -0.430. The average molecular weight is 381 g/mol. The zero-order valence-corrected chi connectivity index (χ0v) is 15.8. The highest BCUT2D eigenvalue weighted by Gasteiger charge is 2.18. The minimum Gasteiger partial charge on any atom is -0.455 e. The Hall–Kier alpha value is -3.19. The van der Waals surface area contributed by atoms with Crippen LogP contribution in [0.1, 0.15) is 23.0 Å². The lowest BCUT2D eigenvalue weighted by molar-refractivity contribution is -0.115. The van der Waals surface area contributed by atoms with Crippen LogP contribution >= 0.6 is 11.3 Å². The molecule has 27 heavy (non-hydrogen) atoms. The fourth-order valence-corrected chi connectivity index (χ4v) is 3.44. The van der Waals surface area contributed by atoms with Crippen molar-refractivity contribution in [2.75, 3.05) is 17.3 Å². The van der Waals surface area contributed by atoms with Crippen LogP contribution in [-0.4, -0.2) is 23.9 Å². The van der Waals surface area contributed by atoms with Crippen molar-refractivity contribution in [1.82, 2.24) is 4.98 Å². The third-order valence-electron chi connectivity index (χ3n) is 3.83. The molecule has 0 unspecified atom stereocenters. The van der Waals surface area contributed by atoms with E-state index in [9.17, 15) is 9.59 Å². The number of ether oxygens (including phenoxy) is 1. The zero-order valence-electron chi connectivity index (χ0n) is 15.0. The number of carbonyl (C=O) groups is 2. The summed E-state index contributed by atoms with van der Waals surface area (Å²) in [6.45, 7) is 1.52. The van der Waals surface area contributed by atoms with Crippen molar-refractivity contribution in [1.29, 1.82) is 0 Å². The second-order valence-corrected chi connectivity index (χ2v) is 6.52. The molecule has 0 saturated carbocycles. The number of aromatic nitrogens is 1. The standard InChI is InChI=1S/C20H19N3O3S/c1-14(24)23(16-8-4-3-5-9-16)20-22-15(13-27-20)12-26-19(25)17-10-6-7-11-18(17)21-2/h3-11,13,21H,12H2,1-2H3. The molecule has 0 atom stereocenters. The molecule has 0 saturated heterocycles. The second-order valence-electron chi connectivity index (χ2n) is 5.68. The van der Waals surface area contributed by atoms with Crippen LogP contribution < -0.4 is 10.2 Å². The number of nitrogens with one attached hydrogen (secondary N) is 1. The van der Waals surface area contributed by atoms with Crippen LogP contribution in [0, 0.1) is 0 Å². The molecule has 7 heteroatoms. The molecule has 0 radical (unpaired) electrons. The van der Waals surface area contributed by atoms with Gasteiger partial charge in [-0.15, -0.1) is 11.3 Å². The van der Waals surface area contributed by atoms with E-state index in [0.29, 0.717) is 22.1 Å². The van der Waals surface area contributed by atoms with E-state index in [-0.39, 0.29) is 12.5 Å². The molecule has 2 aromatic carbocycles. The molecule has 1 amide bonds. The Kier molecular flexibility index (Phi) is 5.83. The highest BCUT2D eigenvalue weighted by atomic mass is 32.1. The fourth-order valence-electron chi connectivity index (χ4n) is 2.57. The SMILES string of the molecule is CNc1ccccc1C(=O)OCc1csc(N(C(C)=O)c2ccccc2)n1. The first-order valence-electron chi connectivity index (χ1n) is 8.34. The largest absolute Gasteiger partial charge is 0.455 e. The summed E-state index contributed by atoms with van der Waals surface area (Å²) in [5.41, 5.74) is 2.50. The number of thiazole rings is 1. The van der Waals surface area contributed by atoms with Gasteiger partial charge in [-0.3, -0.25) is 9.69 Å². The van der Waals surface area contributed by atoms with Crippen molar-refractivity contribution in [2.45, 2.75) is 13.5 Å². The Morgan fingerprint density at radius 1 is 1.11 bits per heavy atom. The quantitative estimate of drug-likeness (QED) is 0.647. The van der Waals surface area contributed by atoms with Crippen LogP contribution in [0.3, 0.4) is 0 Å². The maximum Gasteiger partial charge on any atom is 0.340 e. The topological polar surface area (TPSA) is 71.5 Å². The van der Waals surface area contributed by atoms with Crippen molar-refractivity contribution in [3.8, 4) is 0 Å². The molecule has 0 fully saturated rings. The predicted octanol–water partition coefficient (Wildman–Crippen LogP) is 4.23. The number of benzene rings is 2. The Bertz CT molecular complexity index is 940. The predicted molar refractivity (Wildman–Crippen MR) is 106 cm³/mol. The Balaban J connectivity index is 1.72. The van der Waals surface area contributed by atoms with Crippen LogP contribution in [0.4, 0.5) is 16.5 Å². The molecule has 3 aromatic rings. The normalized spacial score (nSPS) is 10.3. The minimum absolute atomic E-state index is 0.0356. The van der Waals surface area contributed by atoms with Crippen LogP contribution in [-0.2, 0) is 16.1 Å². The molecule has 0 bridgehead atoms. The third-order valence-corrected chi connectivity index (χ3v) is 4.70. The van der Waals surface area contributed by atoms with Gasteiger partial charge in [-0.1, -0.05) is 30.3 Å². The molecule has 0 spiro atoms. The van der Waals surface area contributed by atoms with Gasteiger partial charge in [-0.25, -0.2) is 9.78 Å². The molecule has 0 aliphatic rings. The van der Waals surface area contributed by atoms with Gasteiger partial charge >= 0.3 is 5.97 Å². The molecular formula is C20H19N3O3S. The number of anilines is 3. The Labute approximate surface area is 161 Å². The summed E-state index contributed by atoms with van der Waals surface area (Å²) in [7, 11) is 1.75. The lowest BCUT2D eigenvalue weighted by atomic mass is 10.2. The van der Waals surface area contributed by atoms with Gasteiger partial charge in [0.25, 0.3) is 0 Å². The van der Waals surface area contributed by atoms with Gasteiger partial charge in [0.1, 0.15) is 6.61 Å². The molecule has 138 valence electrons. The van der Waals surface area contributed by atoms with Gasteiger partial charge in [0, 0.05) is 25.0 Å². The number of rotatable bonds is 6. The molecular weight excluding hydrogens is 362 g/mol. The first kappa shape index (κ1) is 18.6. The number of para-hydroxylation sites is 2. The van der Waals surface area contributed by atoms with Gasteiger partial charge in [0.05, 0.1) is 16.9 Å². The maximum atomic E-state index is 12.3. The summed E-state index contributed by atoms with van der Waals surface area (Å²) in [6, 6.07) is 16.4. The average Bonchev–Trinajstić information content (AvgIpc) is 3.15. The van der Waals surface area contributed by atoms with Crippen LogP contribution in [0.5, 0.6) is 0 Å². The monoisotopic (exact) mass is 381 g/mol. The maximum absolute atomic E-state index is 12.3. The highest BCUT2D eigenvalue weighted by molar-refractivity contribution is 7.14. The number of hydrogen-bond acceptors (Lipinski definition) is 6. The summed E-state index contributed by atoms with van der Waals surface area (Å²) in [6.07, 6.45) is 0. The summed E-state index contributed by atoms with van der Waals surface area (Å²) >= 11 is 1.33. The lowest BCUT2D eigenvalue weighted by Gasteiger charge is -2.17. The van der Waals surface area contributed by atoms with E-state index in [2.05, 4.69) is 10.3 Å². The second kappa shape index (κ2) is 8.46. The highest BCUT2D eigenvalue weighted by Crippen LogP contribution is 2.29. The Morgan fingerprint density at radius 3 is 2.52 bits per heavy atom. The van der Waals surface area contributed by atoms with Gasteiger partial charge in [-0.2, -0.15) is 0 Å². The van der Waals surface area contributed by atoms with Crippen molar-refractivity contribution in [2.24, 2.45) is 0 Å². The molecule has 0 aliphatic heterocycles. The van der Waals surface area contributed by atoms with Crippen molar-refractivity contribution < 1.29 is 14.3 Å². The van der Waals surface area contributed by atoms with Crippen LogP contribution in [0.15, 0.2) is 60.0 Å². The van der Waals surface area contributed by atoms with Crippen molar-refractivity contribution in [3.05, 3.63) is 71.2 Å². The van der Waals surface area contributed by atoms with Gasteiger partial charge in [0.2, 0.25) is 5.91 Å². The summed E-state index contributed by atoms with van der Waals surface area (Å²) in [5, 5.41) is 5.29. The Morgan fingerprint density at radius 2 is 1.81 bits per heavy atom. The number of amides is 1. The van der Waals surface area contributed by atoms with E-state index in [4.69, 9.17) is 4.74 Å². The number of nitrogens with zero attached hydrogens (tertiary/aromatic N) is 2. The number of carbonyl (C=O) groups excluding carboxylic acids is 2. The van der Waals surface area contributed by atoms with Gasteiger partial charge in [0.15, 0.2) is 5.13 Å². The van der Waals surface area contributed by atoms with E-state index in [1.54, 1.807) is 24.6 Å². The van der Waals surface area contributed by atoms with E-state index in [0.717, 1.165) is 5.69 Å². The molecule has 1 heterocycles. The summed E-state index contributed by atoms with van der Waals surface area (Å²) in [4.78, 5) is 30.4. The first-order valence-corrected chi connectivity index (χ1v) is 9.22. The molecule has 0 aliphatic carbocycles.